The number of rotatable bonds is 0. The molecule has 2 aromatic heterocycles. The van der Waals surface area contributed by atoms with E-state index in [1.807, 2.05) is 0 Å². The lowest BCUT2D eigenvalue weighted by Crippen LogP contribution is -2.23. The van der Waals surface area contributed by atoms with Crippen LogP contribution in [-0.2, 0) is 6.18 Å². The van der Waals surface area contributed by atoms with Gasteiger partial charge in [0.05, 0.1) is 11.4 Å². The summed E-state index contributed by atoms with van der Waals surface area (Å²) in [5, 5.41) is 3.81. The monoisotopic (exact) mass is 244 g/mol. The Morgan fingerprint density at radius 2 is 1.82 bits per heavy atom. The molecule has 0 unspecified atom stereocenters. The first-order chi connectivity index (χ1) is 7.79. The van der Waals surface area contributed by atoms with E-state index in [9.17, 15) is 18.0 Å². The van der Waals surface area contributed by atoms with E-state index in [0.29, 0.717) is 17.5 Å². The van der Waals surface area contributed by atoms with Crippen LogP contribution in [0.15, 0.2) is 10.9 Å². The fraction of sp³-hybridized carbons (Fsp3) is 0.333. The Morgan fingerprint density at radius 1 is 1.18 bits per heavy atom. The van der Waals surface area contributed by atoms with E-state index >= 15 is 0 Å². The van der Waals surface area contributed by atoms with Gasteiger partial charge in [0.15, 0.2) is 5.69 Å². The van der Waals surface area contributed by atoms with E-state index in [1.54, 1.807) is 13.8 Å². The summed E-state index contributed by atoms with van der Waals surface area (Å²) in [4.78, 5) is 18.5. The van der Waals surface area contributed by atoms with Crippen LogP contribution in [0.3, 0.4) is 0 Å². The second-order valence-corrected chi connectivity index (χ2v) is 3.47. The van der Waals surface area contributed by atoms with Gasteiger partial charge in [0.1, 0.15) is 0 Å². The first-order valence-electron chi connectivity index (χ1n) is 4.61. The molecule has 2 rings (SSSR count). The summed E-state index contributed by atoms with van der Waals surface area (Å²) in [7, 11) is 0. The van der Waals surface area contributed by atoms with E-state index < -0.39 is 17.4 Å². The molecule has 0 aromatic carbocycles. The minimum Gasteiger partial charge on any atom is -0.267 e. The van der Waals surface area contributed by atoms with E-state index in [0.717, 1.165) is 4.52 Å². The van der Waals surface area contributed by atoms with Gasteiger partial charge in [-0.3, -0.25) is 4.79 Å². The Morgan fingerprint density at radius 3 is 2.41 bits per heavy atom. The molecule has 0 spiro atoms. The average molecular weight is 244 g/mol. The van der Waals surface area contributed by atoms with Crippen molar-refractivity contribution in [3.63, 3.8) is 0 Å². The summed E-state index contributed by atoms with van der Waals surface area (Å²) in [6.45, 7) is 3.18. The Bertz CT molecular complexity index is 647. The van der Waals surface area contributed by atoms with E-state index in [1.165, 1.54) is 0 Å². The molecule has 0 amide bonds. The lowest BCUT2D eigenvalue weighted by Gasteiger charge is -2.07. The number of aryl methyl sites for hydroxylation is 2. The van der Waals surface area contributed by atoms with E-state index in [-0.39, 0.29) is 5.78 Å². The molecule has 17 heavy (non-hydrogen) atoms. The van der Waals surface area contributed by atoms with Crippen LogP contribution < -0.4 is 5.56 Å². The van der Waals surface area contributed by atoms with Crippen molar-refractivity contribution in [2.75, 3.05) is 0 Å². The standard InChI is InChI=1S/C9H7F3N4O/c1-4-5(2)15-16-7(17)3-6(9(10,11)12)14-8(16)13-4/h3H,1-2H3. The molecule has 2 heterocycles. The van der Waals surface area contributed by atoms with Gasteiger partial charge in [0.2, 0.25) is 0 Å². The Hall–Kier alpha value is -1.99. The van der Waals surface area contributed by atoms with Gasteiger partial charge in [-0.15, -0.1) is 0 Å². The molecule has 5 nitrogen and oxygen atoms in total. The molecule has 0 saturated carbocycles. The second-order valence-electron chi connectivity index (χ2n) is 3.47. The van der Waals surface area contributed by atoms with Crippen molar-refractivity contribution in [3.8, 4) is 0 Å². The normalized spacial score (nSPS) is 12.1. The molecule has 8 heteroatoms. The van der Waals surface area contributed by atoms with Crippen molar-refractivity contribution >= 4 is 5.78 Å². The highest BCUT2D eigenvalue weighted by Crippen LogP contribution is 2.26. The molecule has 0 aliphatic carbocycles. The van der Waals surface area contributed by atoms with Crippen LogP contribution in [0.5, 0.6) is 0 Å². The summed E-state index contributed by atoms with van der Waals surface area (Å²) in [5.41, 5.74) is -1.28. The SMILES string of the molecule is Cc1nc2nc(C(F)(F)F)cc(=O)n2nc1C. The lowest BCUT2D eigenvalue weighted by atomic mass is 10.3. The number of hydrogen-bond acceptors (Lipinski definition) is 4. The maximum atomic E-state index is 12.4. The molecule has 0 bridgehead atoms. The third-order valence-electron chi connectivity index (χ3n) is 2.21. The average Bonchev–Trinajstić information content (AvgIpc) is 2.19. The number of fused-ring (bicyclic) bond motifs is 1. The van der Waals surface area contributed by atoms with E-state index in [2.05, 4.69) is 15.1 Å². The molecule has 0 aliphatic heterocycles. The zero-order valence-electron chi connectivity index (χ0n) is 8.91. The number of nitrogens with zero attached hydrogens (tertiary/aromatic N) is 4. The zero-order chi connectivity index (χ0) is 12.8. The van der Waals surface area contributed by atoms with Crippen molar-refractivity contribution < 1.29 is 13.2 Å². The molecule has 0 atom stereocenters. The quantitative estimate of drug-likeness (QED) is 0.696. The fourth-order valence-corrected chi connectivity index (χ4v) is 1.23. The second kappa shape index (κ2) is 3.51. The van der Waals surface area contributed by atoms with Gasteiger partial charge in [0, 0.05) is 6.07 Å². The largest absolute Gasteiger partial charge is 0.433 e. The molecule has 90 valence electrons. The van der Waals surface area contributed by atoms with Crippen molar-refractivity contribution in [2.45, 2.75) is 20.0 Å². The van der Waals surface area contributed by atoms with Crippen LogP contribution in [0.1, 0.15) is 17.1 Å². The highest BCUT2D eigenvalue weighted by molar-refractivity contribution is 5.30. The predicted octanol–water partition coefficient (Wildman–Crippen LogP) is 1.12. The van der Waals surface area contributed by atoms with Crippen molar-refractivity contribution in [3.05, 3.63) is 33.5 Å². The number of aromatic nitrogens is 4. The van der Waals surface area contributed by atoms with E-state index in [4.69, 9.17) is 0 Å². The van der Waals surface area contributed by atoms with Gasteiger partial charge < -0.3 is 0 Å². The minimum absolute atomic E-state index is 0.354. The molecular weight excluding hydrogens is 237 g/mol. The van der Waals surface area contributed by atoms with Crippen LogP contribution in [0.2, 0.25) is 0 Å². The third-order valence-corrected chi connectivity index (χ3v) is 2.21. The zero-order valence-corrected chi connectivity index (χ0v) is 8.91. The maximum absolute atomic E-state index is 12.4. The smallest absolute Gasteiger partial charge is 0.267 e. The van der Waals surface area contributed by atoms with Crippen LogP contribution in [-0.4, -0.2) is 19.6 Å². The van der Waals surface area contributed by atoms with Crippen molar-refractivity contribution in [2.24, 2.45) is 0 Å². The molecule has 0 fully saturated rings. The highest BCUT2D eigenvalue weighted by atomic mass is 19.4. The van der Waals surface area contributed by atoms with Crippen LogP contribution in [0, 0.1) is 13.8 Å². The first-order valence-corrected chi connectivity index (χ1v) is 4.61. The molecule has 0 aliphatic rings. The van der Waals surface area contributed by atoms with Gasteiger partial charge >= 0.3 is 6.18 Å². The van der Waals surface area contributed by atoms with Crippen LogP contribution in [0.25, 0.3) is 5.78 Å². The molecule has 0 saturated heterocycles. The Kier molecular flexibility index (Phi) is 2.37. The molecule has 0 radical (unpaired) electrons. The Labute approximate surface area is 92.9 Å². The summed E-state index contributed by atoms with van der Waals surface area (Å²) >= 11 is 0. The highest BCUT2D eigenvalue weighted by Gasteiger charge is 2.33. The van der Waals surface area contributed by atoms with Gasteiger partial charge in [-0.05, 0) is 13.8 Å². The fourth-order valence-electron chi connectivity index (χ4n) is 1.23. The topological polar surface area (TPSA) is 60.2 Å². The Balaban J connectivity index is 2.83. The summed E-state index contributed by atoms with van der Waals surface area (Å²) in [5.74, 6) is -0.354. The van der Waals surface area contributed by atoms with Gasteiger partial charge in [0.25, 0.3) is 11.3 Å². The molecule has 0 N–H and O–H groups in total. The summed E-state index contributed by atoms with van der Waals surface area (Å²) < 4.78 is 38.0. The van der Waals surface area contributed by atoms with Crippen molar-refractivity contribution in [1.29, 1.82) is 0 Å². The summed E-state index contributed by atoms with van der Waals surface area (Å²) in [6, 6.07) is 0.399. The van der Waals surface area contributed by atoms with Crippen LogP contribution >= 0.6 is 0 Å². The van der Waals surface area contributed by atoms with Crippen LogP contribution in [0.4, 0.5) is 13.2 Å². The third kappa shape index (κ3) is 1.97. The number of hydrogen-bond donors (Lipinski definition) is 0. The summed E-state index contributed by atoms with van der Waals surface area (Å²) in [6.07, 6.45) is -4.67. The lowest BCUT2D eigenvalue weighted by molar-refractivity contribution is -0.141. The van der Waals surface area contributed by atoms with Crippen molar-refractivity contribution in [1.82, 2.24) is 19.6 Å². The van der Waals surface area contributed by atoms with Gasteiger partial charge in [-0.25, -0.2) is 9.97 Å². The number of alkyl halides is 3. The van der Waals surface area contributed by atoms with Gasteiger partial charge in [-0.2, -0.15) is 22.8 Å². The number of halogens is 3. The maximum Gasteiger partial charge on any atom is 0.433 e. The molecule has 2 aromatic rings. The minimum atomic E-state index is -4.67. The first kappa shape index (κ1) is 11.5. The predicted molar refractivity (Wildman–Crippen MR) is 51.5 cm³/mol. The molecular formula is C9H7F3N4O. The van der Waals surface area contributed by atoms with Gasteiger partial charge in [-0.1, -0.05) is 0 Å².